The Kier molecular flexibility index (Phi) is 5.53. The number of hydrogen-bond acceptors (Lipinski definition) is 4. The minimum absolute atomic E-state index is 0.0566. The number of ether oxygens (including phenoxy) is 2. The van der Waals surface area contributed by atoms with Gasteiger partial charge >= 0.3 is 12.3 Å². The van der Waals surface area contributed by atoms with E-state index < -0.39 is 35.3 Å². The van der Waals surface area contributed by atoms with Crippen molar-refractivity contribution in [2.75, 3.05) is 19.7 Å². The maximum Gasteiger partial charge on any atom is 0.416 e. The Labute approximate surface area is 183 Å². The maximum absolute atomic E-state index is 14.2. The van der Waals surface area contributed by atoms with Crippen LogP contribution in [0.4, 0.5) is 22.4 Å². The number of carbonyl (C=O) groups is 2. The lowest BCUT2D eigenvalue weighted by Crippen LogP contribution is -2.59. The Morgan fingerprint density at radius 3 is 2.47 bits per heavy atom. The number of amides is 2. The fourth-order valence-corrected chi connectivity index (χ4v) is 4.78. The lowest BCUT2D eigenvalue weighted by Gasteiger charge is -2.47. The molecule has 0 aromatic heterocycles. The highest BCUT2D eigenvalue weighted by Crippen LogP contribution is 2.43. The van der Waals surface area contributed by atoms with Gasteiger partial charge in [-0.3, -0.25) is 4.79 Å². The molecule has 10 heteroatoms. The summed E-state index contributed by atoms with van der Waals surface area (Å²) in [7, 11) is 0. The molecule has 1 saturated carbocycles. The molecular weight excluding hydrogens is 432 g/mol. The number of alkyl carbamates (subject to hydrolysis) is 1. The molecular formula is C22H26F4N2O4. The second kappa shape index (κ2) is 7.81. The normalized spacial score (nSPS) is 28.0. The molecule has 2 amide bonds. The molecule has 2 aliphatic heterocycles. The number of rotatable bonds is 4. The molecule has 176 valence electrons. The summed E-state index contributed by atoms with van der Waals surface area (Å²) in [6.45, 7) is 5.08. The standard InChI is InChI=1S/C22H26F4N2O4/c1-13(32-17-4-3-15(9-16(17)23)22(24,25)26)20(2)5-7-28(8-6-20)18(29)14-10-21(11-14)12-31-19(30)27-21/h3-4,9,13-14H,5-8,10-12H2,1-2H3,(H,27,30)/t13?,14-,21+. The molecule has 32 heavy (non-hydrogen) atoms. The van der Waals surface area contributed by atoms with Crippen molar-refractivity contribution in [1.29, 1.82) is 0 Å². The molecule has 1 aliphatic carbocycles. The van der Waals surface area contributed by atoms with Gasteiger partial charge in [0.15, 0.2) is 11.6 Å². The summed E-state index contributed by atoms with van der Waals surface area (Å²) in [5, 5.41) is 2.78. The molecule has 1 N–H and O–H groups in total. The summed E-state index contributed by atoms with van der Waals surface area (Å²) in [4.78, 5) is 25.9. The van der Waals surface area contributed by atoms with Crippen LogP contribution in [0.1, 0.15) is 45.1 Å². The van der Waals surface area contributed by atoms with Crippen LogP contribution in [0, 0.1) is 17.2 Å². The predicted molar refractivity (Wildman–Crippen MR) is 105 cm³/mol. The van der Waals surface area contributed by atoms with Crippen molar-refractivity contribution in [1.82, 2.24) is 10.2 Å². The number of nitrogens with zero attached hydrogens (tertiary/aromatic N) is 1. The average Bonchev–Trinajstić information content (AvgIpc) is 3.10. The van der Waals surface area contributed by atoms with E-state index in [0.717, 1.165) is 12.1 Å². The van der Waals surface area contributed by atoms with Crippen molar-refractivity contribution in [3.05, 3.63) is 29.6 Å². The van der Waals surface area contributed by atoms with E-state index in [4.69, 9.17) is 9.47 Å². The van der Waals surface area contributed by atoms with Gasteiger partial charge in [-0.05, 0) is 50.8 Å². The first kappa shape index (κ1) is 22.7. The van der Waals surface area contributed by atoms with Crippen LogP contribution in [0.3, 0.4) is 0 Å². The highest BCUT2D eigenvalue weighted by molar-refractivity contribution is 5.81. The zero-order chi connectivity index (χ0) is 23.3. The molecule has 1 aromatic rings. The summed E-state index contributed by atoms with van der Waals surface area (Å²) in [6, 6.07) is 2.25. The summed E-state index contributed by atoms with van der Waals surface area (Å²) < 4.78 is 63.0. The van der Waals surface area contributed by atoms with Gasteiger partial charge in [0.1, 0.15) is 12.7 Å². The number of likely N-dealkylation sites (tertiary alicyclic amines) is 1. The predicted octanol–water partition coefficient (Wildman–Crippen LogP) is 4.13. The maximum atomic E-state index is 14.2. The van der Waals surface area contributed by atoms with E-state index >= 15 is 0 Å². The molecule has 6 nitrogen and oxygen atoms in total. The lowest BCUT2D eigenvalue weighted by molar-refractivity contribution is -0.144. The number of nitrogens with one attached hydrogen (secondary N) is 1. The number of benzene rings is 1. The molecule has 1 aromatic carbocycles. The largest absolute Gasteiger partial charge is 0.487 e. The number of piperidine rings is 1. The summed E-state index contributed by atoms with van der Waals surface area (Å²) in [6.07, 6.45) is -3.13. The van der Waals surface area contributed by atoms with Crippen molar-refractivity contribution in [3.8, 4) is 5.75 Å². The molecule has 1 atom stereocenters. The van der Waals surface area contributed by atoms with Crippen LogP contribution in [0.5, 0.6) is 5.75 Å². The average molecular weight is 458 g/mol. The first-order valence-electron chi connectivity index (χ1n) is 10.7. The molecule has 1 unspecified atom stereocenters. The molecule has 3 aliphatic rings. The molecule has 2 saturated heterocycles. The number of carbonyl (C=O) groups excluding carboxylic acids is 2. The van der Waals surface area contributed by atoms with E-state index in [2.05, 4.69) is 5.32 Å². The second-order valence-electron chi connectivity index (χ2n) is 9.47. The Morgan fingerprint density at radius 2 is 1.94 bits per heavy atom. The van der Waals surface area contributed by atoms with E-state index in [-0.39, 0.29) is 23.0 Å². The van der Waals surface area contributed by atoms with E-state index in [1.165, 1.54) is 0 Å². The molecule has 2 heterocycles. The number of alkyl halides is 3. The van der Waals surface area contributed by atoms with Crippen molar-refractivity contribution < 1.29 is 36.6 Å². The third kappa shape index (κ3) is 4.23. The van der Waals surface area contributed by atoms with Gasteiger partial charge in [0.05, 0.1) is 11.1 Å². The first-order chi connectivity index (χ1) is 14.9. The van der Waals surface area contributed by atoms with Gasteiger partial charge < -0.3 is 19.7 Å². The fourth-order valence-electron chi connectivity index (χ4n) is 4.78. The van der Waals surface area contributed by atoms with Gasteiger partial charge in [-0.25, -0.2) is 9.18 Å². The van der Waals surface area contributed by atoms with Crippen molar-refractivity contribution >= 4 is 12.0 Å². The second-order valence-corrected chi connectivity index (χ2v) is 9.47. The van der Waals surface area contributed by atoms with Gasteiger partial charge in [-0.1, -0.05) is 6.92 Å². The lowest BCUT2D eigenvalue weighted by atomic mass is 9.68. The topological polar surface area (TPSA) is 67.9 Å². The van der Waals surface area contributed by atoms with Gasteiger partial charge in [0.2, 0.25) is 5.91 Å². The Morgan fingerprint density at radius 1 is 1.28 bits per heavy atom. The van der Waals surface area contributed by atoms with Crippen LogP contribution in [-0.4, -0.2) is 48.2 Å². The van der Waals surface area contributed by atoms with Crippen molar-refractivity contribution in [2.24, 2.45) is 11.3 Å². The molecule has 1 spiro atoms. The van der Waals surface area contributed by atoms with E-state index in [1.807, 2.05) is 11.8 Å². The Balaban J connectivity index is 1.31. The minimum atomic E-state index is -4.62. The Bertz CT molecular complexity index is 906. The quantitative estimate of drug-likeness (QED) is 0.689. The third-order valence-corrected chi connectivity index (χ3v) is 7.23. The Hall–Kier alpha value is -2.52. The van der Waals surface area contributed by atoms with Crippen LogP contribution >= 0.6 is 0 Å². The molecule has 0 radical (unpaired) electrons. The van der Waals surface area contributed by atoms with Crippen LogP contribution in [0.15, 0.2) is 18.2 Å². The highest BCUT2D eigenvalue weighted by Gasteiger charge is 2.53. The summed E-state index contributed by atoms with van der Waals surface area (Å²) >= 11 is 0. The smallest absolute Gasteiger partial charge is 0.416 e. The fraction of sp³-hybridized carbons (Fsp3) is 0.636. The SMILES string of the molecule is CC(Oc1ccc(C(F)(F)F)cc1F)C1(C)CCN(C(=O)[C@H]2C[C@]3(COC(=O)N3)C2)CC1. The third-order valence-electron chi connectivity index (χ3n) is 7.23. The number of cyclic esters (lactones) is 1. The highest BCUT2D eigenvalue weighted by atomic mass is 19.4. The number of halogens is 4. The summed E-state index contributed by atoms with van der Waals surface area (Å²) in [5.41, 5.74) is -1.83. The van der Waals surface area contributed by atoms with Crippen LogP contribution < -0.4 is 10.1 Å². The minimum Gasteiger partial charge on any atom is -0.487 e. The zero-order valence-electron chi connectivity index (χ0n) is 17.9. The van der Waals surface area contributed by atoms with Crippen molar-refractivity contribution in [2.45, 2.75) is 57.3 Å². The van der Waals surface area contributed by atoms with Crippen LogP contribution in [0.25, 0.3) is 0 Å². The molecule has 3 fully saturated rings. The van der Waals surface area contributed by atoms with E-state index in [9.17, 15) is 27.2 Å². The summed E-state index contributed by atoms with van der Waals surface area (Å²) in [5.74, 6) is -1.35. The van der Waals surface area contributed by atoms with E-state index in [1.54, 1.807) is 6.92 Å². The first-order valence-corrected chi connectivity index (χ1v) is 10.7. The monoisotopic (exact) mass is 458 g/mol. The molecule has 0 bridgehead atoms. The number of hydrogen-bond donors (Lipinski definition) is 1. The van der Waals surface area contributed by atoms with Gasteiger partial charge in [-0.2, -0.15) is 13.2 Å². The van der Waals surface area contributed by atoms with Gasteiger partial charge in [-0.15, -0.1) is 0 Å². The van der Waals surface area contributed by atoms with Gasteiger partial charge in [0, 0.05) is 24.4 Å². The van der Waals surface area contributed by atoms with E-state index in [0.29, 0.717) is 51.4 Å². The van der Waals surface area contributed by atoms with Gasteiger partial charge in [0.25, 0.3) is 0 Å². The van der Waals surface area contributed by atoms with Crippen LogP contribution in [-0.2, 0) is 15.7 Å². The molecule has 4 rings (SSSR count). The van der Waals surface area contributed by atoms with Crippen molar-refractivity contribution in [3.63, 3.8) is 0 Å². The zero-order valence-corrected chi connectivity index (χ0v) is 17.9. The van der Waals surface area contributed by atoms with Crippen LogP contribution in [0.2, 0.25) is 0 Å².